The number of benzene rings is 1. The SMILES string of the molecule is Cc1ccc(S(=O)(=O)NCCNC(=O)[C@H]2CCN[C@@H](C)C2)cc1. The number of carbonyl (C=O) groups excluding carboxylic acids is 1. The molecule has 3 N–H and O–H groups in total. The maximum Gasteiger partial charge on any atom is 0.240 e. The third-order valence-electron chi connectivity index (χ3n) is 4.04. The Hall–Kier alpha value is -1.44. The van der Waals surface area contributed by atoms with E-state index in [1.807, 2.05) is 6.92 Å². The van der Waals surface area contributed by atoms with Crippen molar-refractivity contribution in [2.24, 2.45) is 5.92 Å². The van der Waals surface area contributed by atoms with Crippen molar-refractivity contribution in [1.29, 1.82) is 0 Å². The molecular formula is C16H25N3O3S. The van der Waals surface area contributed by atoms with E-state index >= 15 is 0 Å². The lowest BCUT2D eigenvalue weighted by atomic mass is 9.92. The second-order valence-electron chi connectivity index (χ2n) is 6.08. The van der Waals surface area contributed by atoms with Crippen LogP contribution in [0.15, 0.2) is 29.2 Å². The van der Waals surface area contributed by atoms with Gasteiger partial charge in [-0.15, -0.1) is 0 Å². The van der Waals surface area contributed by atoms with Gasteiger partial charge in [-0.1, -0.05) is 17.7 Å². The van der Waals surface area contributed by atoms with E-state index in [1.54, 1.807) is 24.3 Å². The molecule has 1 amide bonds. The summed E-state index contributed by atoms with van der Waals surface area (Å²) in [5.41, 5.74) is 1.01. The molecule has 1 aliphatic rings. The van der Waals surface area contributed by atoms with Crippen molar-refractivity contribution in [2.75, 3.05) is 19.6 Å². The van der Waals surface area contributed by atoms with Gasteiger partial charge in [0.2, 0.25) is 15.9 Å². The molecule has 0 spiro atoms. The first kappa shape index (κ1) is 17.9. The van der Waals surface area contributed by atoms with Gasteiger partial charge >= 0.3 is 0 Å². The zero-order valence-electron chi connectivity index (χ0n) is 13.6. The van der Waals surface area contributed by atoms with Crippen LogP contribution in [-0.2, 0) is 14.8 Å². The Balaban J connectivity index is 1.76. The van der Waals surface area contributed by atoms with Gasteiger partial charge in [-0.05, 0) is 45.4 Å². The van der Waals surface area contributed by atoms with Crippen LogP contribution < -0.4 is 15.4 Å². The van der Waals surface area contributed by atoms with Crippen LogP contribution in [0, 0.1) is 12.8 Å². The molecule has 0 bridgehead atoms. The molecule has 0 radical (unpaired) electrons. The number of amides is 1. The Kier molecular flexibility index (Phi) is 6.15. The fraction of sp³-hybridized carbons (Fsp3) is 0.562. The van der Waals surface area contributed by atoms with Crippen molar-refractivity contribution in [1.82, 2.24) is 15.4 Å². The van der Waals surface area contributed by atoms with Crippen LogP contribution in [0.25, 0.3) is 0 Å². The van der Waals surface area contributed by atoms with E-state index < -0.39 is 10.0 Å². The molecule has 1 fully saturated rings. The molecule has 1 aromatic carbocycles. The summed E-state index contributed by atoms with van der Waals surface area (Å²) >= 11 is 0. The molecule has 7 heteroatoms. The lowest BCUT2D eigenvalue weighted by Gasteiger charge is -2.27. The zero-order chi connectivity index (χ0) is 16.9. The van der Waals surface area contributed by atoms with E-state index in [9.17, 15) is 13.2 Å². The maximum absolute atomic E-state index is 12.1. The first-order chi connectivity index (χ1) is 10.9. The van der Waals surface area contributed by atoms with Gasteiger partial charge in [-0.25, -0.2) is 13.1 Å². The summed E-state index contributed by atoms with van der Waals surface area (Å²) in [5, 5.41) is 6.12. The number of hydrogen-bond acceptors (Lipinski definition) is 4. The number of nitrogens with one attached hydrogen (secondary N) is 3. The number of aryl methyl sites for hydroxylation is 1. The smallest absolute Gasteiger partial charge is 0.240 e. The lowest BCUT2D eigenvalue weighted by molar-refractivity contribution is -0.126. The minimum absolute atomic E-state index is 0.00730. The molecule has 1 aliphatic heterocycles. The van der Waals surface area contributed by atoms with Crippen molar-refractivity contribution in [3.8, 4) is 0 Å². The predicted octanol–water partition coefficient (Wildman–Crippen LogP) is 0.778. The number of rotatable bonds is 6. The van der Waals surface area contributed by atoms with Crippen LogP contribution in [0.5, 0.6) is 0 Å². The fourth-order valence-corrected chi connectivity index (χ4v) is 3.72. The fourth-order valence-electron chi connectivity index (χ4n) is 2.69. The van der Waals surface area contributed by atoms with Crippen molar-refractivity contribution >= 4 is 15.9 Å². The number of piperidine rings is 1. The molecule has 0 aromatic heterocycles. The minimum Gasteiger partial charge on any atom is -0.355 e. The van der Waals surface area contributed by atoms with Gasteiger partial charge in [-0.3, -0.25) is 4.79 Å². The van der Waals surface area contributed by atoms with Crippen molar-refractivity contribution < 1.29 is 13.2 Å². The first-order valence-electron chi connectivity index (χ1n) is 7.96. The summed E-state index contributed by atoms with van der Waals surface area (Å²) in [6.07, 6.45) is 1.65. The van der Waals surface area contributed by atoms with E-state index in [0.29, 0.717) is 12.6 Å². The normalized spacial score (nSPS) is 21.8. The van der Waals surface area contributed by atoms with E-state index in [1.165, 1.54) is 0 Å². The second kappa shape index (κ2) is 7.90. The van der Waals surface area contributed by atoms with E-state index in [0.717, 1.165) is 24.9 Å². The molecule has 1 saturated heterocycles. The third-order valence-corrected chi connectivity index (χ3v) is 5.52. The predicted molar refractivity (Wildman–Crippen MR) is 89.6 cm³/mol. The van der Waals surface area contributed by atoms with E-state index in [2.05, 4.69) is 22.3 Å². The Bertz CT molecular complexity index is 628. The monoisotopic (exact) mass is 339 g/mol. The molecule has 0 saturated carbocycles. The van der Waals surface area contributed by atoms with Crippen LogP contribution in [0.3, 0.4) is 0 Å². The summed E-state index contributed by atoms with van der Waals surface area (Å²) in [6.45, 7) is 5.29. The van der Waals surface area contributed by atoms with Crippen LogP contribution in [-0.4, -0.2) is 40.0 Å². The highest BCUT2D eigenvalue weighted by atomic mass is 32.2. The Labute approximate surface area is 138 Å². The largest absolute Gasteiger partial charge is 0.355 e. The van der Waals surface area contributed by atoms with E-state index in [4.69, 9.17) is 0 Å². The molecule has 128 valence electrons. The first-order valence-corrected chi connectivity index (χ1v) is 9.44. The highest BCUT2D eigenvalue weighted by Gasteiger charge is 2.24. The van der Waals surface area contributed by atoms with Crippen LogP contribution >= 0.6 is 0 Å². The van der Waals surface area contributed by atoms with Gasteiger partial charge in [0.25, 0.3) is 0 Å². The molecule has 0 unspecified atom stereocenters. The Morgan fingerprint density at radius 1 is 1.26 bits per heavy atom. The quantitative estimate of drug-likeness (QED) is 0.668. The summed E-state index contributed by atoms with van der Waals surface area (Å²) in [5.74, 6) is 0.0211. The van der Waals surface area contributed by atoms with Crippen molar-refractivity contribution in [3.63, 3.8) is 0 Å². The molecule has 6 nitrogen and oxygen atoms in total. The standard InChI is InChI=1S/C16H25N3O3S/c1-12-3-5-15(6-4-12)23(21,22)19-10-9-18-16(20)14-7-8-17-13(2)11-14/h3-6,13-14,17,19H,7-11H2,1-2H3,(H,18,20)/t13-,14-/m0/s1. The molecule has 1 heterocycles. The molecule has 2 rings (SSSR count). The van der Waals surface area contributed by atoms with E-state index in [-0.39, 0.29) is 23.3 Å². The van der Waals surface area contributed by atoms with Crippen LogP contribution in [0.1, 0.15) is 25.3 Å². The number of hydrogen-bond donors (Lipinski definition) is 3. The summed E-state index contributed by atoms with van der Waals surface area (Å²) in [4.78, 5) is 12.3. The van der Waals surface area contributed by atoms with Gasteiger partial charge < -0.3 is 10.6 Å². The molecule has 23 heavy (non-hydrogen) atoms. The highest BCUT2D eigenvalue weighted by molar-refractivity contribution is 7.89. The van der Waals surface area contributed by atoms with Gasteiger partial charge in [0.05, 0.1) is 4.90 Å². The summed E-state index contributed by atoms with van der Waals surface area (Å²) in [6, 6.07) is 7.02. The van der Waals surface area contributed by atoms with Gasteiger partial charge in [0.15, 0.2) is 0 Å². The topological polar surface area (TPSA) is 87.3 Å². The van der Waals surface area contributed by atoms with Crippen molar-refractivity contribution in [2.45, 2.75) is 37.6 Å². The van der Waals surface area contributed by atoms with Crippen molar-refractivity contribution in [3.05, 3.63) is 29.8 Å². The molecule has 0 aliphatic carbocycles. The minimum atomic E-state index is -3.52. The summed E-state index contributed by atoms with van der Waals surface area (Å²) < 4.78 is 26.7. The lowest BCUT2D eigenvalue weighted by Crippen LogP contribution is -2.44. The molecule has 2 atom stereocenters. The maximum atomic E-state index is 12.1. The zero-order valence-corrected chi connectivity index (χ0v) is 14.4. The second-order valence-corrected chi connectivity index (χ2v) is 7.85. The highest BCUT2D eigenvalue weighted by Crippen LogP contribution is 2.15. The van der Waals surface area contributed by atoms with Gasteiger partial charge in [-0.2, -0.15) is 0 Å². The number of carbonyl (C=O) groups is 1. The van der Waals surface area contributed by atoms with Crippen LogP contribution in [0.4, 0.5) is 0 Å². The molecule has 1 aromatic rings. The third kappa shape index (κ3) is 5.30. The Morgan fingerprint density at radius 2 is 1.96 bits per heavy atom. The Morgan fingerprint density at radius 3 is 2.61 bits per heavy atom. The molecular weight excluding hydrogens is 314 g/mol. The average Bonchev–Trinajstić information content (AvgIpc) is 2.52. The average molecular weight is 339 g/mol. The summed E-state index contributed by atoms with van der Waals surface area (Å²) in [7, 11) is -3.52. The number of sulfonamides is 1. The van der Waals surface area contributed by atoms with Gasteiger partial charge in [0, 0.05) is 25.0 Å². The van der Waals surface area contributed by atoms with Crippen LogP contribution in [0.2, 0.25) is 0 Å². The van der Waals surface area contributed by atoms with Gasteiger partial charge in [0.1, 0.15) is 0 Å².